The Kier molecular flexibility index (Phi) is 8.93. The third-order valence-corrected chi connectivity index (χ3v) is 6.60. The summed E-state index contributed by atoms with van der Waals surface area (Å²) in [6.45, 7) is -0.208. The Morgan fingerprint density at radius 3 is 2.27 bits per heavy atom. The molecule has 0 aliphatic carbocycles. The Hall–Kier alpha value is -4.54. The van der Waals surface area contributed by atoms with Crippen molar-refractivity contribution in [1.82, 2.24) is 15.1 Å². The Morgan fingerprint density at radius 2 is 1.62 bits per heavy atom. The van der Waals surface area contributed by atoms with Gasteiger partial charge in [0.05, 0.1) is 6.54 Å². The number of aliphatic hydroxyl groups excluding tert-OH is 1. The normalized spacial score (nSPS) is 12.5. The number of aliphatic carboxylic acids is 1. The van der Waals surface area contributed by atoms with Crippen molar-refractivity contribution < 1.29 is 34.1 Å². The van der Waals surface area contributed by atoms with E-state index in [2.05, 4.69) is 10.4 Å². The summed E-state index contributed by atoms with van der Waals surface area (Å²) >= 11 is 6.11. The molecular weight excluding hydrogens is 541 g/mol. The van der Waals surface area contributed by atoms with E-state index in [1.807, 2.05) is 54.6 Å². The number of carbonyl (C=O) groups is 3. The number of nitrogens with zero attached hydrogens (tertiary/aromatic N) is 2. The van der Waals surface area contributed by atoms with Gasteiger partial charge in [0.2, 0.25) is 0 Å². The van der Waals surface area contributed by atoms with Crippen LogP contribution >= 0.6 is 11.6 Å². The summed E-state index contributed by atoms with van der Waals surface area (Å²) in [5, 5.41) is 35.8. The molecule has 0 fully saturated rings. The highest BCUT2D eigenvalue weighted by molar-refractivity contribution is 6.31. The van der Waals surface area contributed by atoms with Crippen LogP contribution in [0.2, 0.25) is 5.02 Å². The molecule has 4 N–H and O–H groups in total. The Labute approximate surface area is 233 Å². The molecule has 40 heavy (non-hydrogen) atoms. The maximum atomic E-state index is 13.7. The second-order valence-corrected chi connectivity index (χ2v) is 9.55. The van der Waals surface area contributed by atoms with Crippen LogP contribution in [-0.2, 0) is 17.8 Å². The second kappa shape index (κ2) is 12.5. The summed E-state index contributed by atoms with van der Waals surface area (Å²) in [4.78, 5) is 36.2. The van der Waals surface area contributed by atoms with Gasteiger partial charge in [-0.1, -0.05) is 66.2 Å². The van der Waals surface area contributed by atoms with E-state index in [1.165, 1.54) is 6.07 Å². The average Bonchev–Trinajstić information content (AvgIpc) is 3.36. The average molecular weight is 566 g/mol. The molecule has 1 amide bonds. The number of aromatic nitrogens is 2. The number of hydrogen-bond donors (Lipinski definition) is 4. The first-order valence-electron chi connectivity index (χ1n) is 12.2. The zero-order chi connectivity index (χ0) is 28.8. The number of carboxylic acid groups (broad SMARTS) is 2. The molecule has 2 atom stereocenters. The molecule has 0 saturated heterocycles. The van der Waals surface area contributed by atoms with E-state index in [-0.39, 0.29) is 41.4 Å². The smallest absolute Gasteiger partial charge is 0.354 e. The van der Waals surface area contributed by atoms with Gasteiger partial charge in [-0.15, -0.1) is 0 Å². The topological polar surface area (TPSA) is 142 Å². The summed E-state index contributed by atoms with van der Waals surface area (Å²) in [6.07, 6.45) is -1.85. The standard InChI is InChI=1S/C29H25ClFN3O6/c30-23-11-10-21(31)13-20(23)16-34-25(28(37)38)15-24(33-34)27(36)32-22(14-26(35)29(39)40)12-17-6-8-19(9-7-17)18-4-2-1-3-5-18/h1-11,13,15,22,26,35H,12,14,16H2,(H,32,36)(H,37,38)(H,39,40)/t22?,26-/m1/s1. The van der Waals surface area contributed by atoms with Crippen molar-refractivity contribution in [2.75, 3.05) is 0 Å². The van der Waals surface area contributed by atoms with E-state index in [0.29, 0.717) is 0 Å². The molecule has 3 aromatic carbocycles. The van der Waals surface area contributed by atoms with Gasteiger partial charge in [0.25, 0.3) is 5.91 Å². The Bertz CT molecular complexity index is 1520. The molecule has 1 heterocycles. The molecule has 4 rings (SSSR count). The Balaban J connectivity index is 1.55. The molecule has 0 aliphatic heterocycles. The highest BCUT2D eigenvalue weighted by Gasteiger charge is 2.25. The van der Waals surface area contributed by atoms with Crippen LogP contribution < -0.4 is 5.32 Å². The summed E-state index contributed by atoms with van der Waals surface area (Å²) in [5.41, 5.74) is 2.45. The SMILES string of the molecule is O=C(NC(Cc1ccc(-c2ccccc2)cc1)C[C@@H](O)C(=O)O)c1cc(C(=O)O)n(Cc2cc(F)ccc2Cl)n1. The van der Waals surface area contributed by atoms with Crippen molar-refractivity contribution in [1.29, 1.82) is 0 Å². The van der Waals surface area contributed by atoms with Gasteiger partial charge in [0.15, 0.2) is 11.8 Å². The van der Waals surface area contributed by atoms with Gasteiger partial charge >= 0.3 is 11.9 Å². The van der Waals surface area contributed by atoms with Crippen molar-refractivity contribution in [2.45, 2.75) is 31.5 Å². The van der Waals surface area contributed by atoms with Gasteiger partial charge in [-0.3, -0.25) is 9.48 Å². The number of carboxylic acids is 2. The van der Waals surface area contributed by atoms with Crippen molar-refractivity contribution in [3.05, 3.63) is 112 Å². The zero-order valence-electron chi connectivity index (χ0n) is 21.0. The quantitative estimate of drug-likeness (QED) is 0.213. The van der Waals surface area contributed by atoms with Crippen molar-refractivity contribution >= 4 is 29.4 Å². The highest BCUT2D eigenvalue weighted by Crippen LogP contribution is 2.21. The van der Waals surface area contributed by atoms with Crippen LogP contribution in [0.4, 0.5) is 4.39 Å². The minimum absolute atomic E-state index is 0.191. The van der Waals surface area contributed by atoms with Crippen LogP contribution in [-0.4, -0.2) is 55.1 Å². The fourth-order valence-electron chi connectivity index (χ4n) is 4.22. The van der Waals surface area contributed by atoms with Gasteiger partial charge in [0, 0.05) is 23.6 Å². The number of nitrogens with one attached hydrogen (secondary N) is 1. The predicted molar refractivity (Wildman–Crippen MR) is 145 cm³/mol. The molecule has 0 bridgehead atoms. The summed E-state index contributed by atoms with van der Waals surface area (Å²) in [5.74, 6) is -4.15. The van der Waals surface area contributed by atoms with Crippen molar-refractivity contribution in [3.8, 4) is 11.1 Å². The fraction of sp³-hybridized carbons (Fsp3) is 0.172. The lowest BCUT2D eigenvalue weighted by Gasteiger charge is -2.20. The molecule has 4 aromatic rings. The summed E-state index contributed by atoms with van der Waals surface area (Å²) in [7, 11) is 0. The van der Waals surface area contributed by atoms with Gasteiger partial charge in [0.1, 0.15) is 11.5 Å². The van der Waals surface area contributed by atoms with Gasteiger partial charge in [-0.05, 0) is 46.9 Å². The van der Waals surface area contributed by atoms with Crippen LogP contribution in [0.5, 0.6) is 0 Å². The second-order valence-electron chi connectivity index (χ2n) is 9.14. The number of benzene rings is 3. The van der Waals surface area contributed by atoms with Gasteiger partial charge < -0.3 is 20.6 Å². The number of amides is 1. The molecule has 0 aliphatic rings. The monoisotopic (exact) mass is 565 g/mol. The first-order valence-corrected chi connectivity index (χ1v) is 12.6. The van der Waals surface area contributed by atoms with E-state index < -0.39 is 35.8 Å². The first kappa shape index (κ1) is 28.5. The number of hydrogen-bond acceptors (Lipinski definition) is 5. The van der Waals surface area contributed by atoms with Crippen molar-refractivity contribution in [2.24, 2.45) is 0 Å². The number of aliphatic hydroxyl groups is 1. The molecular formula is C29H25ClFN3O6. The molecule has 206 valence electrons. The number of halogens is 2. The molecule has 9 nitrogen and oxygen atoms in total. The largest absolute Gasteiger partial charge is 0.479 e. The summed E-state index contributed by atoms with van der Waals surface area (Å²) < 4.78 is 14.7. The fourth-order valence-corrected chi connectivity index (χ4v) is 4.39. The number of rotatable bonds is 11. The van der Waals surface area contributed by atoms with E-state index in [1.54, 1.807) is 0 Å². The maximum Gasteiger partial charge on any atom is 0.354 e. The third kappa shape index (κ3) is 7.10. The Morgan fingerprint density at radius 1 is 0.950 bits per heavy atom. The minimum atomic E-state index is -1.74. The minimum Gasteiger partial charge on any atom is -0.479 e. The lowest BCUT2D eigenvalue weighted by Crippen LogP contribution is -2.40. The van der Waals surface area contributed by atoms with Crippen LogP contribution in [0.1, 0.15) is 38.5 Å². The van der Waals surface area contributed by atoms with E-state index >= 15 is 0 Å². The van der Waals surface area contributed by atoms with E-state index in [4.69, 9.17) is 11.6 Å². The first-order chi connectivity index (χ1) is 19.1. The predicted octanol–water partition coefficient (Wildman–Crippen LogP) is 4.27. The maximum absolute atomic E-state index is 13.7. The highest BCUT2D eigenvalue weighted by atomic mass is 35.5. The molecule has 1 unspecified atom stereocenters. The van der Waals surface area contributed by atoms with E-state index in [9.17, 15) is 34.1 Å². The number of carbonyl (C=O) groups excluding carboxylic acids is 1. The van der Waals surface area contributed by atoms with Gasteiger partial charge in [-0.25, -0.2) is 14.0 Å². The van der Waals surface area contributed by atoms with Crippen LogP contribution in [0.25, 0.3) is 11.1 Å². The third-order valence-electron chi connectivity index (χ3n) is 6.23. The molecule has 1 aromatic heterocycles. The molecule has 11 heteroatoms. The van der Waals surface area contributed by atoms with Crippen LogP contribution in [0.15, 0.2) is 78.9 Å². The molecule has 0 spiro atoms. The van der Waals surface area contributed by atoms with E-state index in [0.717, 1.165) is 39.6 Å². The lowest BCUT2D eigenvalue weighted by molar-refractivity contribution is -0.147. The number of aromatic carboxylic acids is 1. The zero-order valence-corrected chi connectivity index (χ0v) is 21.8. The summed E-state index contributed by atoms with van der Waals surface area (Å²) in [6, 6.07) is 21.0. The lowest BCUT2D eigenvalue weighted by atomic mass is 9.97. The molecule has 0 saturated carbocycles. The van der Waals surface area contributed by atoms with Gasteiger partial charge in [-0.2, -0.15) is 5.10 Å². The van der Waals surface area contributed by atoms with Crippen molar-refractivity contribution in [3.63, 3.8) is 0 Å². The van der Waals surface area contributed by atoms with Crippen LogP contribution in [0, 0.1) is 5.82 Å². The van der Waals surface area contributed by atoms with Crippen LogP contribution in [0.3, 0.4) is 0 Å². The molecule has 0 radical (unpaired) electrons.